The lowest BCUT2D eigenvalue weighted by Gasteiger charge is -2.13. The van der Waals surface area contributed by atoms with Crippen LogP contribution in [0.4, 0.5) is 4.39 Å². The van der Waals surface area contributed by atoms with Crippen LogP contribution in [0.3, 0.4) is 0 Å². The summed E-state index contributed by atoms with van der Waals surface area (Å²) in [7, 11) is 0. The third-order valence-electron chi connectivity index (χ3n) is 2.53. The average molecular weight is 239 g/mol. The number of hydrogen-bond acceptors (Lipinski definition) is 3. The molecule has 4 nitrogen and oxygen atoms in total. The normalized spacial score (nSPS) is 12.4. The Hall–Kier alpha value is -1.49. The van der Waals surface area contributed by atoms with Gasteiger partial charge in [-0.25, -0.2) is 4.39 Å². The van der Waals surface area contributed by atoms with Crippen LogP contribution in [0.25, 0.3) is 0 Å². The van der Waals surface area contributed by atoms with Crippen LogP contribution in [0, 0.1) is 5.82 Å². The molecular formula is C12H18FN3O. The molecule has 0 aliphatic heterocycles. The average Bonchev–Trinajstić information content (AvgIpc) is 2.28. The summed E-state index contributed by atoms with van der Waals surface area (Å²) in [6.07, 6.45) is 4.89. The lowest BCUT2D eigenvalue weighted by atomic mass is 10.1. The van der Waals surface area contributed by atoms with Crippen LogP contribution in [0.1, 0.15) is 37.8 Å². The summed E-state index contributed by atoms with van der Waals surface area (Å²) < 4.78 is 12.9. The van der Waals surface area contributed by atoms with Gasteiger partial charge in [-0.2, -0.15) is 0 Å². The second-order valence-corrected chi connectivity index (χ2v) is 4.04. The molecule has 0 saturated heterocycles. The predicted molar refractivity (Wildman–Crippen MR) is 63.7 cm³/mol. The molecule has 0 bridgehead atoms. The van der Waals surface area contributed by atoms with Crippen molar-refractivity contribution in [3.8, 4) is 0 Å². The van der Waals surface area contributed by atoms with E-state index < -0.39 is 0 Å². The zero-order valence-electron chi connectivity index (χ0n) is 9.95. The molecule has 1 aromatic heterocycles. The van der Waals surface area contributed by atoms with Gasteiger partial charge in [-0.1, -0.05) is 0 Å². The highest BCUT2D eigenvalue weighted by molar-refractivity contribution is 5.73. The largest absolute Gasteiger partial charge is 0.370 e. The zero-order chi connectivity index (χ0) is 12.7. The number of aromatic nitrogens is 1. The van der Waals surface area contributed by atoms with Gasteiger partial charge in [-0.05, 0) is 37.9 Å². The minimum absolute atomic E-state index is 0.0479. The fraction of sp³-hybridized carbons (Fsp3) is 0.500. The lowest BCUT2D eigenvalue weighted by Crippen LogP contribution is -2.20. The smallest absolute Gasteiger partial charge is 0.217 e. The Morgan fingerprint density at radius 3 is 2.94 bits per heavy atom. The van der Waals surface area contributed by atoms with Crippen molar-refractivity contribution >= 4 is 5.91 Å². The van der Waals surface area contributed by atoms with Crippen molar-refractivity contribution in [2.24, 2.45) is 5.73 Å². The fourth-order valence-corrected chi connectivity index (χ4v) is 1.53. The molecule has 0 aliphatic carbocycles. The van der Waals surface area contributed by atoms with Gasteiger partial charge in [-0.3, -0.25) is 9.78 Å². The monoisotopic (exact) mass is 239 g/mol. The number of halogens is 1. The molecule has 0 fully saturated rings. The van der Waals surface area contributed by atoms with Crippen LogP contribution in [0.5, 0.6) is 0 Å². The van der Waals surface area contributed by atoms with Gasteiger partial charge in [0.1, 0.15) is 5.82 Å². The third-order valence-corrected chi connectivity index (χ3v) is 2.53. The van der Waals surface area contributed by atoms with E-state index in [2.05, 4.69) is 10.3 Å². The summed E-state index contributed by atoms with van der Waals surface area (Å²) in [6.45, 7) is 2.72. The molecule has 0 spiro atoms. The molecule has 0 radical (unpaired) electrons. The zero-order valence-corrected chi connectivity index (χ0v) is 9.95. The Morgan fingerprint density at radius 2 is 2.29 bits per heavy atom. The highest BCUT2D eigenvalue weighted by atomic mass is 19.1. The van der Waals surface area contributed by atoms with Gasteiger partial charge in [-0.15, -0.1) is 0 Å². The van der Waals surface area contributed by atoms with E-state index in [0.717, 1.165) is 24.9 Å². The van der Waals surface area contributed by atoms with Crippen LogP contribution in [-0.2, 0) is 4.79 Å². The molecule has 1 atom stereocenters. The molecule has 1 amide bonds. The molecule has 17 heavy (non-hydrogen) atoms. The summed E-state index contributed by atoms with van der Waals surface area (Å²) in [6, 6.07) is 1.51. The number of pyridine rings is 1. The Bertz CT molecular complexity index is 371. The Morgan fingerprint density at radius 1 is 1.53 bits per heavy atom. The van der Waals surface area contributed by atoms with Crippen molar-refractivity contribution < 1.29 is 9.18 Å². The summed E-state index contributed by atoms with van der Waals surface area (Å²) in [5.74, 6) is -0.600. The first-order chi connectivity index (χ1) is 8.09. The first-order valence-electron chi connectivity index (χ1n) is 5.71. The Kier molecular flexibility index (Phi) is 5.56. The Labute approximate surface area is 100 Å². The first kappa shape index (κ1) is 13.6. The van der Waals surface area contributed by atoms with Crippen LogP contribution in [0.2, 0.25) is 0 Å². The molecule has 0 saturated carbocycles. The summed E-state index contributed by atoms with van der Waals surface area (Å²) >= 11 is 0. The number of nitrogens with zero attached hydrogens (tertiary/aromatic N) is 1. The molecule has 3 N–H and O–H groups in total. The number of nitrogens with one attached hydrogen (secondary N) is 1. The van der Waals surface area contributed by atoms with Crippen molar-refractivity contribution in [1.82, 2.24) is 10.3 Å². The number of amides is 1. The van der Waals surface area contributed by atoms with E-state index >= 15 is 0 Å². The standard InChI is InChI=1S/C12H18FN3O/c1-9(10-6-11(13)8-15-7-10)16-5-3-2-4-12(14)17/h6-9,16H,2-5H2,1H3,(H2,14,17). The van der Waals surface area contributed by atoms with Crippen LogP contribution in [-0.4, -0.2) is 17.4 Å². The van der Waals surface area contributed by atoms with Crippen molar-refractivity contribution in [3.63, 3.8) is 0 Å². The van der Waals surface area contributed by atoms with E-state index in [1.54, 1.807) is 6.20 Å². The van der Waals surface area contributed by atoms with Crippen molar-refractivity contribution in [1.29, 1.82) is 0 Å². The SMILES string of the molecule is CC(NCCCCC(N)=O)c1cncc(F)c1. The van der Waals surface area contributed by atoms with Crippen molar-refractivity contribution in [2.45, 2.75) is 32.2 Å². The number of carbonyl (C=O) groups is 1. The second-order valence-electron chi connectivity index (χ2n) is 4.04. The van der Waals surface area contributed by atoms with Crippen molar-refractivity contribution in [2.75, 3.05) is 6.54 Å². The maximum Gasteiger partial charge on any atom is 0.217 e. The van der Waals surface area contributed by atoms with Gasteiger partial charge < -0.3 is 11.1 Å². The van der Waals surface area contributed by atoms with Gasteiger partial charge in [0.25, 0.3) is 0 Å². The topological polar surface area (TPSA) is 68.0 Å². The summed E-state index contributed by atoms with van der Waals surface area (Å²) in [5, 5.41) is 3.24. The maximum atomic E-state index is 12.9. The van der Waals surface area contributed by atoms with Gasteiger partial charge in [0.2, 0.25) is 5.91 Å². The van der Waals surface area contributed by atoms with E-state index in [9.17, 15) is 9.18 Å². The number of nitrogens with two attached hydrogens (primary N) is 1. The van der Waals surface area contributed by atoms with Gasteiger partial charge in [0.15, 0.2) is 0 Å². The fourth-order valence-electron chi connectivity index (χ4n) is 1.53. The van der Waals surface area contributed by atoms with Crippen LogP contribution < -0.4 is 11.1 Å². The number of hydrogen-bond donors (Lipinski definition) is 2. The summed E-state index contributed by atoms with van der Waals surface area (Å²) in [5.41, 5.74) is 5.85. The molecule has 1 heterocycles. The van der Waals surface area contributed by atoms with Gasteiger partial charge in [0.05, 0.1) is 6.20 Å². The molecular weight excluding hydrogens is 221 g/mol. The number of unbranched alkanes of at least 4 members (excludes halogenated alkanes) is 1. The molecule has 1 unspecified atom stereocenters. The molecule has 0 aliphatic rings. The molecule has 1 aromatic rings. The van der Waals surface area contributed by atoms with Gasteiger partial charge >= 0.3 is 0 Å². The van der Waals surface area contributed by atoms with E-state index in [1.165, 1.54) is 12.3 Å². The van der Waals surface area contributed by atoms with E-state index in [1.807, 2.05) is 6.92 Å². The molecule has 1 rings (SSSR count). The van der Waals surface area contributed by atoms with Crippen LogP contribution in [0.15, 0.2) is 18.5 Å². The van der Waals surface area contributed by atoms with E-state index in [0.29, 0.717) is 6.42 Å². The second kappa shape index (κ2) is 6.96. The predicted octanol–water partition coefficient (Wildman–Crippen LogP) is 1.53. The first-order valence-corrected chi connectivity index (χ1v) is 5.71. The lowest BCUT2D eigenvalue weighted by molar-refractivity contribution is -0.118. The maximum absolute atomic E-state index is 12.9. The summed E-state index contributed by atoms with van der Waals surface area (Å²) in [4.78, 5) is 14.3. The van der Waals surface area contributed by atoms with E-state index in [-0.39, 0.29) is 17.8 Å². The van der Waals surface area contributed by atoms with E-state index in [4.69, 9.17) is 5.73 Å². The Balaban J connectivity index is 2.25. The minimum atomic E-state index is -0.329. The highest BCUT2D eigenvalue weighted by Crippen LogP contribution is 2.11. The van der Waals surface area contributed by atoms with Crippen molar-refractivity contribution in [3.05, 3.63) is 29.8 Å². The third kappa shape index (κ3) is 5.40. The van der Waals surface area contributed by atoms with Crippen LogP contribution >= 0.6 is 0 Å². The number of carbonyl (C=O) groups excluding carboxylic acids is 1. The molecule has 5 heteroatoms. The number of rotatable bonds is 7. The minimum Gasteiger partial charge on any atom is -0.370 e. The highest BCUT2D eigenvalue weighted by Gasteiger charge is 2.05. The molecule has 94 valence electrons. The van der Waals surface area contributed by atoms with Gasteiger partial charge in [0, 0.05) is 18.7 Å². The number of primary amides is 1. The quantitative estimate of drug-likeness (QED) is 0.709. The molecule has 0 aromatic carbocycles.